The lowest BCUT2D eigenvalue weighted by molar-refractivity contribution is 0.0827. The van der Waals surface area contributed by atoms with Crippen molar-refractivity contribution in [1.29, 1.82) is 0 Å². The van der Waals surface area contributed by atoms with Gasteiger partial charge in [-0.3, -0.25) is 4.79 Å². The van der Waals surface area contributed by atoms with Crippen LogP contribution in [0.25, 0.3) is 11.1 Å². The predicted molar refractivity (Wildman–Crippen MR) is 125 cm³/mol. The van der Waals surface area contributed by atoms with Gasteiger partial charge in [0.05, 0.1) is 18.9 Å². The first-order chi connectivity index (χ1) is 15.6. The second-order valence-electron chi connectivity index (χ2n) is 8.15. The predicted octanol–water partition coefficient (Wildman–Crippen LogP) is 3.22. The lowest BCUT2D eigenvalue weighted by Gasteiger charge is -2.33. The van der Waals surface area contributed by atoms with Crippen molar-refractivity contribution in [2.45, 2.75) is 25.4 Å². The van der Waals surface area contributed by atoms with Gasteiger partial charge in [-0.2, -0.15) is 0 Å². The van der Waals surface area contributed by atoms with Crippen LogP contribution in [0.5, 0.6) is 0 Å². The minimum atomic E-state index is -0.455. The zero-order chi connectivity index (χ0) is 22.3. The van der Waals surface area contributed by atoms with E-state index in [0.717, 1.165) is 49.3 Å². The van der Waals surface area contributed by atoms with E-state index >= 15 is 0 Å². The molecule has 7 nitrogen and oxygen atoms in total. The van der Waals surface area contributed by atoms with Gasteiger partial charge in [0.25, 0.3) is 0 Å². The van der Waals surface area contributed by atoms with Crippen LogP contribution in [0.1, 0.15) is 40.4 Å². The van der Waals surface area contributed by atoms with Gasteiger partial charge in [0.15, 0.2) is 0 Å². The highest BCUT2D eigenvalue weighted by Gasteiger charge is 2.25. The topological polar surface area (TPSA) is 107 Å². The third-order valence-corrected chi connectivity index (χ3v) is 5.85. The van der Waals surface area contributed by atoms with Crippen LogP contribution < -0.4 is 11.5 Å². The number of hydrogen-bond acceptors (Lipinski definition) is 6. The van der Waals surface area contributed by atoms with Gasteiger partial charge in [0.2, 0.25) is 11.9 Å². The Morgan fingerprint density at radius 1 is 1.16 bits per heavy atom. The fraction of sp³-hybridized carbons (Fsp3) is 0.320. The summed E-state index contributed by atoms with van der Waals surface area (Å²) in [7, 11) is 0. The van der Waals surface area contributed by atoms with Crippen LogP contribution in [0, 0.1) is 0 Å². The molecule has 0 aliphatic carbocycles. The standard InChI is InChI=1S/C25H29N5O2/c26-24(31)20-9-4-8-19(14-20)22-15-28-25(27)29-23(22)21-10-5-11-30(16-21)12-13-32-17-18-6-2-1-3-7-18/h1-4,6-9,14-15,21H,5,10-13,16-17H2,(H2,26,31)(H2,27,28,29). The van der Waals surface area contributed by atoms with Crippen LogP contribution in [0.15, 0.2) is 60.8 Å². The smallest absolute Gasteiger partial charge is 0.248 e. The van der Waals surface area contributed by atoms with E-state index in [0.29, 0.717) is 18.8 Å². The molecule has 1 aromatic heterocycles. The van der Waals surface area contributed by atoms with Gasteiger partial charge in [-0.25, -0.2) is 9.97 Å². The van der Waals surface area contributed by atoms with Gasteiger partial charge >= 0.3 is 0 Å². The number of nitrogen functional groups attached to an aromatic ring is 1. The Kier molecular flexibility index (Phi) is 7.09. The van der Waals surface area contributed by atoms with E-state index in [1.54, 1.807) is 18.3 Å². The number of carbonyl (C=O) groups is 1. The number of amides is 1. The molecule has 1 saturated heterocycles. The number of likely N-dealkylation sites (tertiary alicyclic amines) is 1. The molecule has 1 unspecified atom stereocenters. The molecule has 0 saturated carbocycles. The summed E-state index contributed by atoms with van der Waals surface area (Å²) in [6.07, 6.45) is 3.86. The zero-order valence-corrected chi connectivity index (χ0v) is 18.1. The fourth-order valence-electron chi connectivity index (χ4n) is 4.22. The van der Waals surface area contributed by atoms with Crippen molar-refractivity contribution in [2.24, 2.45) is 5.73 Å². The van der Waals surface area contributed by atoms with Crippen molar-refractivity contribution in [3.63, 3.8) is 0 Å². The molecule has 2 heterocycles. The number of carbonyl (C=O) groups excluding carboxylic acids is 1. The minimum absolute atomic E-state index is 0.232. The van der Waals surface area contributed by atoms with E-state index in [1.165, 1.54) is 5.56 Å². The van der Waals surface area contributed by atoms with Gasteiger partial charge in [-0.15, -0.1) is 0 Å². The molecule has 1 aliphatic heterocycles. The van der Waals surface area contributed by atoms with Crippen LogP contribution in [0.2, 0.25) is 0 Å². The summed E-state index contributed by atoms with van der Waals surface area (Å²) in [6, 6.07) is 17.5. The van der Waals surface area contributed by atoms with Crippen LogP contribution >= 0.6 is 0 Å². The molecule has 32 heavy (non-hydrogen) atoms. The highest BCUT2D eigenvalue weighted by atomic mass is 16.5. The summed E-state index contributed by atoms with van der Waals surface area (Å²) in [6.45, 7) is 4.10. The third-order valence-electron chi connectivity index (χ3n) is 5.85. The van der Waals surface area contributed by atoms with Crippen molar-refractivity contribution in [2.75, 3.05) is 32.0 Å². The monoisotopic (exact) mass is 431 g/mol. The van der Waals surface area contributed by atoms with Gasteiger partial charge in [0.1, 0.15) is 0 Å². The molecule has 7 heteroatoms. The number of primary amides is 1. The molecule has 2 aromatic carbocycles. The van der Waals surface area contributed by atoms with Crippen molar-refractivity contribution in [3.05, 3.63) is 77.6 Å². The largest absolute Gasteiger partial charge is 0.375 e. The average Bonchev–Trinajstić information content (AvgIpc) is 2.83. The Morgan fingerprint density at radius 3 is 2.81 bits per heavy atom. The summed E-state index contributed by atoms with van der Waals surface area (Å²) >= 11 is 0. The number of nitrogens with two attached hydrogens (primary N) is 2. The van der Waals surface area contributed by atoms with Crippen molar-refractivity contribution in [3.8, 4) is 11.1 Å². The number of piperidine rings is 1. The summed E-state index contributed by atoms with van der Waals surface area (Å²) < 4.78 is 5.88. The van der Waals surface area contributed by atoms with E-state index in [-0.39, 0.29) is 11.9 Å². The maximum atomic E-state index is 11.6. The molecule has 3 aromatic rings. The van der Waals surface area contributed by atoms with Gasteiger partial charge in [0, 0.05) is 36.3 Å². The molecular formula is C25H29N5O2. The maximum Gasteiger partial charge on any atom is 0.248 e. The SMILES string of the molecule is NC(=O)c1cccc(-c2cnc(N)nc2C2CCCN(CCOCc3ccccc3)C2)c1. The summed E-state index contributed by atoms with van der Waals surface area (Å²) in [4.78, 5) is 22.9. The molecule has 1 atom stereocenters. The highest BCUT2D eigenvalue weighted by molar-refractivity contribution is 5.94. The number of nitrogens with zero attached hydrogens (tertiary/aromatic N) is 3. The average molecular weight is 432 g/mol. The molecular weight excluding hydrogens is 402 g/mol. The van der Waals surface area contributed by atoms with Crippen LogP contribution in [0.3, 0.4) is 0 Å². The fourth-order valence-corrected chi connectivity index (χ4v) is 4.22. The van der Waals surface area contributed by atoms with Gasteiger partial charge in [-0.1, -0.05) is 42.5 Å². The first kappa shape index (κ1) is 21.9. The van der Waals surface area contributed by atoms with E-state index in [9.17, 15) is 4.79 Å². The Labute approximate surface area is 188 Å². The number of ether oxygens (including phenoxy) is 1. The summed E-state index contributed by atoms with van der Waals surface area (Å²) in [5.74, 6) is 0.0395. The molecule has 1 amide bonds. The van der Waals surface area contributed by atoms with Crippen molar-refractivity contribution >= 4 is 11.9 Å². The van der Waals surface area contributed by atoms with E-state index in [4.69, 9.17) is 16.2 Å². The van der Waals surface area contributed by atoms with Crippen LogP contribution in [0.4, 0.5) is 5.95 Å². The maximum absolute atomic E-state index is 11.6. The Bertz CT molecular complexity index is 1060. The molecule has 1 aliphatic rings. The molecule has 1 fully saturated rings. The van der Waals surface area contributed by atoms with E-state index < -0.39 is 5.91 Å². The van der Waals surface area contributed by atoms with Gasteiger partial charge in [-0.05, 0) is 42.6 Å². The van der Waals surface area contributed by atoms with E-state index in [2.05, 4.69) is 27.0 Å². The lowest BCUT2D eigenvalue weighted by Crippen LogP contribution is -2.37. The Morgan fingerprint density at radius 2 is 2.00 bits per heavy atom. The molecule has 0 bridgehead atoms. The zero-order valence-electron chi connectivity index (χ0n) is 18.1. The molecule has 166 valence electrons. The van der Waals surface area contributed by atoms with E-state index in [1.807, 2.05) is 30.3 Å². The molecule has 4 N–H and O–H groups in total. The minimum Gasteiger partial charge on any atom is -0.375 e. The highest BCUT2D eigenvalue weighted by Crippen LogP contribution is 2.33. The first-order valence-electron chi connectivity index (χ1n) is 11.0. The second kappa shape index (κ2) is 10.3. The van der Waals surface area contributed by atoms with Crippen LogP contribution in [-0.2, 0) is 11.3 Å². The molecule has 4 rings (SSSR count). The number of benzene rings is 2. The van der Waals surface area contributed by atoms with Gasteiger partial charge < -0.3 is 21.1 Å². The normalized spacial score (nSPS) is 16.7. The third kappa shape index (κ3) is 5.49. The second-order valence-corrected chi connectivity index (χ2v) is 8.15. The number of rotatable bonds is 8. The van der Waals surface area contributed by atoms with Crippen molar-refractivity contribution < 1.29 is 9.53 Å². The lowest BCUT2D eigenvalue weighted by atomic mass is 9.89. The number of aromatic nitrogens is 2. The molecule has 0 radical (unpaired) electrons. The Balaban J connectivity index is 1.44. The number of anilines is 1. The number of hydrogen-bond donors (Lipinski definition) is 2. The van der Waals surface area contributed by atoms with Crippen molar-refractivity contribution in [1.82, 2.24) is 14.9 Å². The Hall–Kier alpha value is -3.29. The molecule has 0 spiro atoms. The first-order valence-corrected chi connectivity index (χ1v) is 11.0. The summed E-state index contributed by atoms with van der Waals surface area (Å²) in [5.41, 5.74) is 15.8. The summed E-state index contributed by atoms with van der Waals surface area (Å²) in [5, 5.41) is 0. The quantitative estimate of drug-likeness (QED) is 0.530. The van der Waals surface area contributed by atoms with Crippen LogP contribution in [-0.4, -0.2) is 47.0 Å².